The number of halogens is 2. The summed E-state index contributed by atoms with van der Waals surface area (Å²) in [5.41, 5.74) is 0.503. The zero-order valence-electron chi connectivity index (χ0n) is 11.7. The first-order valence-electron chi connectivity index (χ1n) is 7.30. The van der Waals surface area contributed by atoms with Crippen LogP contribution in [0.1, 0.15) is 6.42 Å². The maximum Gasteiger partial charge on any atom is 0.238 e. The van der Waals surface area contributed by atoms with Crippen molar-refractivity contribution in [3.8, 4) is 0 Å². The second-order valence-electron chi connectivity index (χ2n) is 5.85. The highest BCUT2D eigenvalue weighted by atomic mass is 35.5. The molecule has 6 heteroatoms. The zero-order valence-corrected chi connectivity index (χ0v) is 13.3. The number of nitrogens with zero attached hydrogens (tertiary/aromatic N) is 1. The summed E-state index contributed by atoms with van der Waals surface area (Å²) in [6, 6.07) is 5.20. The van der Waals surface area contributed by atoms with Crippen LogP contribution in [0, 0.1) is 11.8 Å². The Labute approximate surface area is 134 Å². The number of benzene rings is 1. The standard InChI is InChI=1S/C15H19Cl2N3O/c16-12-2-1-3-13(17)15(12)19-14(21)9-20-5-4-10-6-18-7-11(10)8-20/h1-3,10-11,18H,4-9H2,(H,19,21). The van der Waals surface area contributed by atoms with Gasteiger partial charge in [0.2, 0.25) is 5.91 Å². The van der Waals surface area contributed by atoms with Gasteiger partial charge in [0.1, 0.15) is 0 Å². The fraction of sp³-hybridized carbons (Fsp3) is 0.533. The lowest BCUT2D eigenvalue weighted by Crippen LogP contribution is -2.43. The van der Waals surface area contributed by atoms with Crippen LogP contribution in [-0.2, 0) is 4.79 Å². The monoisotopic (exact) mass is 327 g/mol. The van der Waals surface area contributed by atoms with Gasteiger partial charge in [0.25, 0.3) is 0 Å². The van der Waals surface area contributed by atoms with Crippen LogP contribution in [0.5, 0.6) is 0 Å². The fourth-order valence-electron chi connectivity index (χ4n) is 3.25. The first-order chi connectivity index (χ1) is 10.1. The van der Waals surface area contributed by atoms with Crippen LogP contribution in [0.25, 0.3) is 0 Å². The molecule has 2 N–H and O–H groups in total. The van der Waals surface area contributed by atoms with E-state index >= 15 is 0 Å². The molecular weight excluding hydrogens is 309 g/mol. The second-order valence-corrected chi connectivity index (χ2v) is 6.66. The van der Waals surface area contributed by atoms with Crippen molar-refractivity contribution in [1.82, 2.24) is 10.2 Å². The Hall–Kier alpha value is -0.810. The summed E-state index contributed by atoms with van der Waals surface area (Å²) in [4.78, 5) is 14.4. The van der Waals surface area contributed by atoms with Crippen molar-refractivity contribution in [2.45, 2.75) is 6.42 Å². The van der Waals surface area contributed by atoms with Gasteiger partial charge in [-0.15, -0.1) is 0 Å². The summed E-state index contributed by atoms with van der Waals surface area (Å²) >= 11 is 12.1. The number of amides is 1. The molecule has 1 aromatic carbocycles. The number of para-hydroxylation sites is 1. The summed E-state index contributed by atoms with van der Waals surface area (Å²) < 4.78 is 0. The van der Waals surface area contributed by atoms with Gasteiger partial charge in [-0.1, -0.05) is 29.3 Å². The van der Waals surface area contributed by atoms with E-state index in [1.165, 1.54) is 0 Å². The summed E-state index contributed by atoms with van der Waals surface area (Å²) in [5.74, 6) is 1.40. The van der Waals surface area contributed by atoms with Gasteiger partial charge >= 0.3 is 0 Å². The number of piperidine rings is 1. The smallest absolute Gasteiger partial charge is 0.238 e. The van der Waals surface area contributed by atoms with Gasteiger partial charge in [0, 0.05) is 6.54 Å². The molecule has 2 heterocycles. The molecule has 2 saturated heterocycles. The van der Waals surface area contributed by atoms with Crippen molar-refractivity contribution in [2.75, 3.05) is 38.0 Å². The maximum atomic E-state index is 12.2. The van der Waals surface area contributed by atoms with Gasteiger partial charge in [-0.3, -0.25) is 9.69 Å². The quantitative estimate of drug-likeness (QED) is 0.896. The minimum absolute atomic E-state index is 0.0607. The molecule has 2 aliphatic rings. The third kappa shape index (κ3) is 3.51. The number of nitrogens with one attached hydrogen (secondary N) is 2. The van der Waals surface area contributed by atoms with Gasteiger partial charge in [-0.05, 0) is 50.0 Å². The van der Waals surface area contributed by atoms with E-state index in [0.717, 1.165) is 38.5 Å². The molecule has 3 rings (SSSR count). The molecule has 2 aliphatic heterocycles. The van der Waals surface area contributed by atoms with Gasteiger partial charge in [-0.25, -0.2) is 0 Å². The number of rotatable bonds is 3. The Morgan fingerprint density at radius 2 is 2.00 bits per heavy atom. The van der Waals surface area contributed by atoms with Crippen molar-refractivity contribution >= 4 is 34.8 Å². The van der Waals surface area contributed by atoms with Gasteiger partial charge in [0.05, 0.1) is 22.3 Å². The first-order valence-corrected chi connectivity index (χ1v) is 8.06. The van der Waals surface area contributed by atoms with Crippen LogP contribution in [-0.4, -0.2) is 43.5 Å². The van der Waals surface area contributed by atoms with E-state index in [0.29, 0.717) is 28.2 Å². The highest BCUT2D eigenvalue weighted by molar-refractivity contribution is 6.39. The van der Waals surface area contributed by atoms with E-state index in [1.54, 1.807) is 18.2 Å². The minimum atomic E-state index is -0.0607. The largest absolute Gasteiger partial charge is 0.322 e. The molecule has 0 saturated carbocycles. The van der Waals surface area contributed by atoms with E-state index in [9.17, 15) is 4.79 Å². The minimum Gasteiger partial charge on any atom is -0.322 e. The average Bonchev–Trinajstić information content (AvgIpc) is 2.90. The lowest BCUT2D eigenvalue weighted by molar-refractivity contribution is -0.117. The Morgan fingerprint density at radius 3 is 2.76 bits per heavy atom. The molecule has 0 spiro atoms. The van der Waals surface area contributed by atoms with Crippen LogP contribution in [0.2, 0.25) is 10.0 Å². The summed E-state index contributed by atoms with van der Waals surface area (Å²) in [5, 5.41) is 7.19. The third-order valence-electron chi connectivity index (χ3n) is 4.38. The topological polar surface area (TPSA) is 44.4 Å². The number of anilines is 1. The molecule has 1 amide bonds. The number of hydrogen-bond acceptors (Lipinski definition) is 3. The van der Waals surface area contributed by atoms with Crippen molar-refractivity contribution in [2.24, 2.45) is 11.8 Å². The van der Waals surface area contributed by atoms with Gasteiger partial charge in [-0.2, -0.15) is 0 Å². The van der Waals surface area contributed by atoms with Crippen molar-refractivity contribution in [1.29, 1.82) is 0 Å². The van der Waals surface area contributed by atoms with Gasteiger partial charge in [0.15, 0.2) is 0 Å². The number of carbonyl (C=O) groups is 1. The molecule has 2 fully saturated rings. The zero-order chi connectivity index (χ0) is 14.8. The van der Waals surface area contributed by atoms with E-state index in [-0.39, 0.29) is 5.91 Å². The highest BCUT2D eigenvalue weighted by Crippen LogP contribution is 2.30. The van der Waals surface area contributed by atoms with E-state index in [2.05, 4.69) is 15.5 Å². The molecule has 0 bridgehead atoms. The molecule has 1 aromatic rings. The lowest BCUT2D eigenvalue weighted by Gasteiger charge is -2.33. The van der Waals surface area contributed by atoms with Crippen molar-refractivity contribution in [3.63, 3.8) is 0 Å². The van der Waals surface area contributed by atoms with Crippen LogP contribution >= 0.6 is 23.2 Å². The number of hydrogen-bond donors (Lipinski definition) is 2. The summed E-state index contributed by atoms with van der Waals surface area (Å²) in [7, 11) is 0. The van der Waals surface area contributed by atoms with E-state index in [1.807, 2.05) is 0 Å². The molecule has 0 aromatic heterocycles. The van der Waals surface area contributed by atoms with E-state index < -0.39 is 0 Å². The van der Waals surface area contributed by atoms with Crippen LogP contribution < -0.4 is 10.6 Å². The Balaban J connectivity index is 1.57. The number of likely N-dealkylation sites (tertiary alicyclic amines) is 1. The number of carbonyl (C=O) groups excluding carboxylic acids is 1. The molecule has 0 radical (unpaired) electrons. The van der Waals surface area contributed by atoms with Crippen LogP contribution in [0.3, 0.4) is 0 Å². The van der Waals surface area contributed by atoms with Crippen LogP contribution in [0.15, 0.2) is 18.2 Å². The summed E-state index contributed by atoms with van der Waals surface area (Å²) in [6.07, 6.45) is 1.16. The lowest BCUT2D eigenvalue weighted by atomic mass is 9.89. The fourth-order valence-corrected chi connectivity index (χ4v) is 3.74. The predicted molar refractivity (Wildman–Crippen MR) is 86.0 cm³/mol. The van der Waals surface area contributed by atoms with Crippen molar-refractivity contribution in [3.05, 3.63) is 28.2 Å². The Morgan fingerprint density at radius 1 is 1.29 bits per heavy atom. The molecule has 21 heavy (non-hydrogen) atoms. The molecular formula is C15H19Cl2N3O. The third-order valence-corrected chi connectivity index (χ3v) is 5.01. The molecule has 2 unspecified atom stereocenters. The molecule has 4 nitrogen and oxygen atoms in total. The predicted octanol–water partition coefficient (Wildman–Crippen LogP) is 2.47. The van der Waals surface area contributed by atoms with Crippen molar-refractivity contribution < 1.29 is 4.79 Å². The number of fused-ring (bicyclic) bond motifs is 1. The SMILES string of the molecule is O=C(CN1CCC2CNCC2C1)Nc1c(Cl)cccc1Cl. The second kappa shape index (κ2) is 6.53. The highest BCUT2D eigenvalue weighted by Gasteiger charge is 2.33. The molecule has 2 atom stereocenters. The molecule has 114 valence electrons. The van der Waals surface area contributed by atoms with E-state index in [4.69, 9.17) is 23.2 Å². The summed E-state index contributed by atoms with van der Waals surface area (Å²) in [6.45, 7) is 4.55. The Bertz CT molecular complexity index is 517. The van der Waals surface area contributed by atoms with Gasteiger partial charge < -0.3 is 10.6 Å². The Kier molecular flexibility index (Phi) is 4.69. The average molecular weight is 328 g/mol. The van der Waals surface area contributed by atoms with Crippen LogP contribution in [0.4, 0.5) is 5.69 Å². The maximum absolute atomic E-state index is 12.2. The normalized spacial score (nSPS) is 25.6. The molecule has 0 aliphatic carbocycles. The first kappa shape index (κ1) is 15.1.